The molecular weight excluding hydrogens is 319 g/mol. The Morgan fingerprint density at radius 3 is 2.52 bits per heavy atom. The van der Waals surface area contributed by atoms with Gasteiger partial charge in [-0.3, -0.25) is 4.79 Å². The summed E-state index contributed by atoms with van der Waals surface area (Å²) < 4.78 is 18.8. The summed E-state index contributed by atoms with van der Waals surface area (Å²) in [5.41, 5.74) is 7.59. The van der Waals surface area contributed by atoms with Gasteiger partial charge in [0, 0.05) is 6.54 Å². The number of halogens is 1. The lowest BCUT2D eigenvalue weighted by atomic mass is 10.0. The first-order valence-corrected chi connectivity index (χ1v) is 8.43. The molecule has 1 amide bonds. The number of nitrogens with two attached hydrogens (primary N) is 1. The molecule has 0 aliphatic rings. The minimum atomic E-state index is -0.478. The zero-order valence-electron chi connectivity index (χ0n) is 14.7. The minimum absolute atomic E-state index is 0.139. The molecule has 3 N–H and O–H groups in total. The van der Waals surface area contributed by atoms with Crippen molar-refractivity contribution in [3.05, 3.63) is 65.5 Å². The van der Waals surface area contributed by atoms with Crippen molar-refractivity contribution in [2.45, 2.75) is 39.5 Å². The maximum absolute atomic E-state index is 13.1. The van der Waals surface area contributed by atoms with Crippen molar-refractivity contribution in [1.82, 2.24) is 5.32 Å². The van der Waals surface area contributed by atoms with Gasteiger partial charge in [0.2, 0.25) is 5.91 Å². The third kappa shape index (κ3) is 6.55. The van der Waals surface area contributed by atoms with Gasteiger partial charge < -0.3 is 15.8 Å². The van der Waals surface area contributed by atoms with E-state index < -0.39 is 6.04 Å². The number of rotatable bonds is 8. The molecule has 0 aliphatic carbocycles. The molecule has 0 fully saturated rings. The molecule has 2 rings (SSSR count). The maximum atomic E-state index is 13.1. The first-order chi connectivity index (χ1) is 11.9. The fourth-order valence-corrected chi connectivity index (χ4v) is 2.43. The van der Waals surface area contributed by atoms with Crippen molar-refractivity contribution in [1.29, 1.82) is 0 Å². The third-order valence-corrected chi connectivity index (χ3v) is 3.75. The number of amides is 1. The molecule has 0 saturated carbocycles. The SMILES string of the molecule is CC(C)C[C@H](N)C(=O)NCc1ccc(OCc2cccc(F)c2)cc1. The molecule has 134 valence electrons. The van der Waals surface area contributed by atoms with Crippen molar-refractivity contribution in [3.63, 3.8) is 0 Å². The molecular formula is C20H25FN2O2. The smallest absolute Gasteiger partial charge is 0.237 e. The summed E-state index contributed by atoms with van der Waals surface area (Å²) in [4.78, 5) is 11.9. The monoisotopic (exact) mass is 344 g/mol. The predicted octanol–water partition coefficient (Wildman–Crippen LogP) is 3.39. The van der Waals surface area contributed by atoms with Crippen LogP contribution >= 0.6 is 0 Å². The number of ether oxygens (including phenoxy) is 1. The molecule has 0 bridgehead atoms. The van der Waals surface area contributed by atoms with E-state index in [4.69, 9.17) is 10.5 Å². The number of hydrogen-bond donors (Lipinski definition) is 2. The molecule has 0 saturated heterocycles. The Hall–Kier alpha value is -2.40. The highest BCUT2D eigenvalue weighted by molar-refractivity contribution is 5.81. The zero-order chi connectivity index (χ0) is 18.2. The lowest BCUT2D eigenvalue weighted by Gasteiger charge is -2.14. The molecule has 0 aliphatic heterocycles. The van der Waals surface area contributed by atoms with Crippen LogP contribution in [0.15, 0.2) is 48.5 Å². The topological polar surface area (TPSA) is 64.4 Å². The van der Waals surface area contributed by atoms with Crippen LogP contribution in [0.25, 0.3) is 0 Å². The largest absolute Gasteiger partial charge is 0.489 e. The highest BCUT2D eigenvalue weighted by atomic mass is 19.1. The van der Waals surface area contributed by atoms with E-state index in [0.717, 1.165) is 11.1 Å². The highest BCUT2D eigenvalue weighted by Gasteiger charge is 2.14. The molecule has 0 unspecified atom stereocenters. The Balaban J connectivity index is 1.80. The van der Waals surface area contributed by atoms with Gasteiger partial charge in [-0.1, -0.05) is 38.1 Å². The number of nitrogens with one attached hydrogen (secondary N) is 1. The van der Waals surface area contributed by atoms with Crippen molar-refractivity contribution in [2.75, 3.05) is 0 Å². The molecule has 25 heavy (non-hydrogen) atoms. The van der Waals surface area contributed by atoms with Gasteiger partial charge in [0.1, 0.15) is 18.2 Å². The van der Waals surface area contributed by atoms with Crippen LogP contribution in [-0.4, -0.2) is 11.9 Å². The van der Waals surface area contributed by atoms with E-state index in [1.165, 1.54) is 12.1 Å². The van der Waals surface area contributed by atoms with Gasteiger partial charge in [0.05, 0.1) is 6.04 Å². The van der Waals surface area contributed by atoms with Crippen molar-refractivity contribution in [3.8, 4) is 5.75 Å². The normalized spacial score (nSPS) is 12.0. The summed E-state index contributed by atoms with van der Waals surface area (Å²) >= 11 is 0. The van der Waals surface area contributed by atoms with Crippen molar-refractivity contribution in [2.24, 2.45) is 11.7 Å². The molecule has 0 heterocycles. The molecule has 0 spiro atoms. The average molecular weight is 344 g/mol. The van der Waals surface area contributed by atoms with Gasteiger partial charge in [0.15, 0.2) is 0 Å². The lowest BCUT2D eigenvalue weighted by molar-refractivity contribution is -0.122. The van der Waals surface area contributed by atoms with Crippen LogP contribution in [0.1, 0.15) is 31.4 Å². The van der Waals surface area contributed by atoms with Crippen LogP contribution in [0.4, 0.5) is 4.39 Å². The van der Waals surface area contributed by atoms with E-state index >= 15 is 0 Å². The lowest BCUT2D eigenvalue weighted by Crippen LogP contribution is -2.40. The molecule has 0 aromatic heterocycles. The summed E-state index contributed by atoms with van der Waals surface area (Å²) in [6.45, 7) is 4.80. The number of carbonyl (C=O) groups excluding carboxylic acids is 1. The molecule has 4 nitrogen and oxygen atoms in total. The van der Waals surface area contributed by atoms with Crippen LogP contribution in [0, 0.1) is 11.7 Å². The Morgan fingerprint density at radius 2 is 1.88 bits per heavy atom. The van der Waals surface area contributed by atoms with Crippen LogP contribution in [0.2, 0.25) is 0 Å². The molecule has 2 aromatic carbocycles. The average Bonchev–Trinajstić information content (AvgIpc) is 2.58. The second-order valence-corrected chi connectivity index (χ2v) is 6.52. The van der Waals surface area contributed by atoms with Crippen LogP contribution in [0.5, 0.6) is 5.75 Å². The molecule has 5 heteroatoms. The highest BCUT2D eigenvalue weighted by Crippen LogP contribution is 2.15. The van der Waals surface area contributed by atoms with Crippen LogP contribution in [0.3, 0.4) is 0 Å². The van der Waals surface area contributed by atoms with E-state index in [0.29, 0.717) is 31.2 Å². The Labute approximate surface area is 148 Å². The van der Waals surface area contributed by atoms with Crippen molar-refractivity contribution >= 4 is 5.91 Å². The van der Waals surface area contributed by atoms with Crippen LogP contribution < -0.4 is 15.8 Å². The van der Waals surface area contributed by atoms with Gasteiger partial charge >= 0.3 is 0 Å². The Kier molecular flexibility index (Phi) is 6.95. The summed E-state index contributed by atoms with van der Waals surface area (Å²) in [6, 6.07) is 13.3. The standard InChI is InChI=1S/C20H25FN2O2/c1-14(2)10-19(22)20(24)23-12-15-6-8-18(9-7-15)25-13-16-4-3-5-17(21)11-16/h3-9,11,14,19H,10,12-13,22H2,1-2H3,(H,23,24)/t19-/m0/s1. The summed E-state index contributed by atoms with van der Waals surface area (Å²) in [6.07, 6.45) is 0.665. The first-order valence-electron chi connectivity index (χ1n) is 8.43. The molecule has 0 radical (unpaired) electrons. The van der Waals surface area contributed by atoms with E-state index in [-0.39, 0.29) is 11.7 Å². The molecule has 2 aromatic rings. The van der Waals surface area contributed by atoms with Gasteiger partial charge in [-0.05, 0) is 47.7 Å². The maximum Gasteiger partial charge on any atom is 0.237 e. The first kappa shape index (κ1) is 18.9. The quantitative estimate of drug-likeness (QED) is 0.771. The number of carbonyl (C=O) groups is 1. The Bertz CT molecular complexity index is 686. The van der Waals surface area contributed by atoms with Gasteiger partial charge in [-0.2, -0.15) is 0 Å². The van der Waals surface area contributed by atoms with Crippen molar-refractivity contribution < 1.29 is 13.9 Å². The number of benzene rings is 2. The minimum Gasteiger partial charge on any atom is -0.489 e. The fraction of sp³-hybridized carbons (Fsp3) is 0.350. The van der Waals surface area contributed by atoms with Gasteiger partial charge in [-0.15, -0.1) is 0 Å². The third-order valence-electron chi connectivity index (χ3n) is 3.75. The summed E-state index contributed by atoms with van der Waals surface area (Å²) in [5, 5.41) is 2.84. The summed E-state index contributed by atoms with van der Waals surface area (Å²) in [7, 11) is 0. The van der Waals surface area contributed by atoms with Gasteiger partial charge in [0.25, 0.3) is 0 Å². The molecule has 1 atom stereocenters. The second kappa shape index (κ2) is 9.18. The van der Waals surface area contributed by atoms with Gasteiger partial charge in [-0.25, -0.2) is 4.39 Å². The van der Waals surface area contributed by atoms with E-state index in [1.807, 2.05) is 44.2 Å². The predicted molar refractivity (Wildman–Crippen MR) is 96.5 cm³/mol. The summed E-state index contributed by atoms with van der Waals surface area (Å²) in [5.74, 6) is 0.661. The Morgan fingerprint density at radius 1 is 1.16 bits per heavy atom. The van der Waals surface area contributed by atoms with E-state index in [9.17, 15) is 9.18 Å². The van der Waals surface area contributed by atoms with Crippen LogP contribution in [-0.2, 0) is 17.9 Å². The number of hydrogen-bond acceptors (Lipinski definition) is 3. The zero-order valence-corrected chi connectivity index (χ0v) is 14.7. The van der Waals surface area contributed by atoms with E-state index in [2.05, 4.69) is 5.32 Å². The fourth-order valence-electron chi connectivity index (χ4n) is 2.43. The van der Waals surface area contributed by atoms with E-state index in [1.54, 1.807) is 6.07 Å². The second-order valence-electron chi connectivity index (χ2n) is 6.52.